The van der Waals surface area contributed by atoms with Gasteiger partial charge in [-0.3, -0.25) is 18.7 Å². The Kier molecular flexibility index (Phi) is 33.6. The number of nitrogens with two attached hydrogens (primary N) is 4. The third kappa shape index (κ3) is 20.3. The first-order chi connectivity index (χ1) is 60.8. The first-order valence-electron chi connectivity index (χ1n) is 37.0. The summed E-state index contributed by atoms with van der Waals surface area (Å²) in [6.07, 6.45) is -14.4. The van der Waals surface area contributed by atoms with Crippen molar-refractivity contribution in [3.8, 4) is 0 Å². The lowest BCUT2D eigenvalue weighted by molar-refractivity contribution is -0.132. The monoisotopic (exact) mass is 1850 g/mol. The lowest BCUT2D eigenvalue weighted by Gasteiger charge is -2.33. The molecule has 1 amide bonds. The topological polar surface area (TPSA) is 819 Å². The Morgan fingerprint density at radius 1 is 0.481 bits per heavy atom. The number of hydrogen-bond acceptors (Lipinski definition) is 40. The van der Waals surface area contributed by atoms with E-state index in [2.05, 4.69) is 122 Å². The molecule has 0 radical (unpaired) electrons. The van der Waals surface area contributed by atoms with Crippen LogP contribution in [0.2, 0.25) is 0 Å². The van der Waals surface area contributed by atoms with Crippen LogP contribution in [0, 0.1) is 6.92 Å². The number of H-pyrrole nitrogens is 1. The number of carbonyl (C=O) groups is 1. The number of rotatable bonds is 22. The van der Waals surface area contributed by atoms with E-state index < -0.39 is 222 Å². The number of amides is 1. The van der Waals surface area contributed by atoms with Crippen molar-refractivity contribution < 1.29 is 121 Å². The van der Waals surface area contributed by atoms with Gasteiger partial charge in [0.05, 0.1) is 90.0 Å². The summed E-state index contributed by atoms with van der Waals surface area (Å²) in [4.78, 5) is 70.7. The number of fused-ring (bicyclic) bond motifs is 2. The number of aryl methyl sites for hydroxylation is 1. The molecule has 6 saturated heterocycles. The van der Waals surface area contributed by atoms with Crippen LogP contribution >= 0.6 is 11.6 Å². The number of azide groups is 5. The van der Waals surface area contributed by atoms with E-state index >= 15 is 0 Å². The highest BCUT2D eigenvalue weighted by molar-refractivity contribution is 6.18. The van der Waals surface area contributed by atoms with Crippen LogP contribution in [0.4, 0.5) is 32.0 Å². The van der Waals surface area contributed by atoms with Gasteiger partial charge in [0.15, 0.2) is 91.2 Å². The number of aliphatic imine (C=N–C) groups is 3. The van der Waals surface area contributed by atoms with Gasteiger partial charge < -0.3 is 143 Å². The highest BCUT2D eigenvalue weighted by Gasteiger charge is 2.62. The van der Waals surface area contributed by atoms with Crippen LogP contribution in [-0.2, 0) is 33.2 Å². The molecule has 61 heteroatoms. The van der Waals surface area contributed by atoms with Gasteiger partial charge in [0.2, 0.25) is 5.72 Å². The molecule has 4 aromatic heterocycles. The van der Waals surface area contributed by atoms with E-state index in [1.165, 1.54) is 84.3 Å². The van der Waals surface area contributed by atoms with Crippen LogP contribution in [0.1, 0.15) is 25.7 Å². The quantitative estimate of drug-likeness (QED) is 0.0151. The molecule has 0 aromatic carbocycles. The molecule has 0 saturated carbocycles. The number of aliphatic hydroxyl groups is 12. The summed E-state index contributed by atoms with van der Waals surface area (Å²) >= 11 is 5.67. The minimum atomic E-state index is -2.08. The number of hydrogen-bond donors (Lipinski definition) is 18. The number of nitrogens with one attached hydrogen (secondary N) is 2. The fourth-order valence-electron chi connectivity index (χ4n) is 13.8. The Balaban J connectivity index is 0.000000191. The molecule has 24 atom stereocenters. The number of aromatic nitrogens is 7. The Morgan fingerprint density at radius 3 is 1.18 bits per heavy atom. The molecule has 0 bridgehead atoms. The molecule has 129 heavy (non-hydrogen) atoms. The van der Waals surface area contributed by atoms with Crippen molar-refractivity contribution in [2.45, 2.75) is 159 Å². The molecule has 0 spiro atoms. The molecule has 700 valence electrons. The molecular formula is C68H89ClF6N34O20. The first kappa shape index (κ1) is 102. The summed E-state index contributed by atoms with van der Waals surface area (Å²) in [6, 6.07) is 1.55. The summed E-state index contributed by atoms with van der Waals surface area (Å²) in [5, 5.41) is 135. The first-order valence-corrected chi connectivity index (χ1v) is 37.6. The molecule has 4 aromatic rings. The number of aliphatic hydroxyl groups excluding tert-OH is 12. The number of carbonyl (C=O) groups excluding carboxylic acids is 1. The van der Waals surface area contributed by atoms with Crippen molar-refractivity contribution in [3.05, 3.63) is 192 Å². The maximum Gasteiger partial charge on any atom is 0.279 e. The van der Waals surface area contributed by atoms with E-state index in [0.717, 1.165) is 12.4 Å². The maximum atomic E-state index is 14.6. The van der Waals surface area contributed by atoms with Gasteiger partial charge in [0, 0.05) is 61.6 Å². The summed E-state index contributed by atoms with van der Waals surface area (Å²) in [5.41, 5.74) is 54.2. The standard InChI is InChI=1S/C12H14FN7O4.C12H14FN7O3.C11H15ClFN3O3.C11H15FN6O3.C11H14FN5O4.C10H13FN6O3.CH4/c1-5-17-9-7(10(23)18-5)15-4-20(9)11-6(13)8(22)12(3-21,24-11)2-16-19-14;13-7-9(22)12(4-21,3-18-19-15)23-11(7)20-5-17-8-6(14)1-2-16-10(8)20;1-6-15-7(14)2-3-16(6)10-8(13)9(18)11(4-12,5-17)19-10;1-6-16-7(13)2-3-18(6)10-8(12)9(20)11(5-19,21-10)4-15-17-14;1-6-15-7(19)2-3-17(6)10-8(12)9(20)11(5-18,21-10)4-14-16-13;1-5-14-6(12)2-3-17(5)9-7(11)8(19)10(4-18,20-9)15-16-13;/h4,6,8,11,21-22H,2-3H2,1H3,(H,17,18,23);1-2,5,7,9,11,21-22H,3-4H2,(H2,14,16);2-3,8-10,17-18H,1,4-5H2,(H2,14,15);2-3,8-10,19-20H,1,4-5H2,(H2,13,16);2-3,8-10,18,20H,1,4-5H2,(H,15,19);2-3,7-9,18-19H,1,4H2,(H2,12,14);1H4/t6-,8+,11-,12-;7-,9+,11-,12-;3*8-,9+,10-,11-;7-,8+,9-,10-;/m111111./s1. The molecule has 0 aliphatic carbocycles. The Bertz CT molecular complexity index is 5340. The lowest BCUT2D eigenvalue weighted by Crippen LogP contribution is -2.48. The average Bonchev–Trinajstić information content (AvgIpc) is 1.60. The largest absolute Gasteiger partial charge is 0.397 e. The van der Waals surface area contributed by atoms with Gasteiger partial charge >= 0.3 is 0 Å². The second-order valence-corrected chi connectivity index (χ2v) is 29.0. The smallest absolute Gasteiger partial charge is 0.279 e. The highest BCUT2D eigenvalue weighted by atomic mass is 35.5. The fraction of sp³-hybridized carbons (Fsp3) is 0.544. The second-order valence-electron chi connectivity index (χ2n) is 28.8. The number of pyridine rings is 1. The van der Waals surface area contributed by atoms with Gasteiger partial charge in [-0.15, -0.1) is 11.6 Å². The maximum absolute atomic E-state index is 14.6. The van der Waals surface area contributed by atoms with Crippen molar-refractivity contribution >= 4 is 63.0 Å². The third-order valence-electron chi connectivity index (χ3n) is 20.9. The zero-order chi connectivity index (χ0) is 94.5. The van der Waals surface area contributed by atoms with Crippen LogP contribution < -0.4 is 33.8 Å². The second kappa shape index (κ2) is 42.6. The van der Waals surface area contributed by atoms with Crippen LogP contribution in [0.15, 0.2) is 169 Å². The molecule has 0 unspecified atom stereocenters. The third-order valence-corrected chi connectivity index (χ3v) is 21.3. The number of ether oxygens (including phenoxy) is 6. The molecule has 10 aliphatic rings. The molecule has 14 rings (SSSR count). The summed E-state index contributed by atoms with van der Waals surface area (Å²) in [6.45, 7) is 9.84. The molecule has 10 aliphatic heterocycles. The summed E-state index contributed by atoms with van der Waals surface area (Å²) < 4.78 is 121. The van der Waals surface area contributed by atoms with Gasteiger partial charge in [0.1, 0.15) is 117 Å². The van der Waals surface area contributed by atoms with Gasteiger partial charge in [-0.1, -0.05) is 59.3 Å². The van der Waals surface area contributed by atoms with Crippen LogP contribution in [0.5, 0.6) is 0 Å². The number of anilines is 1. The van der Waals surface area contributed by atoms with E-state index in [4.69, 9.17) is 90.6 Å². The van der Waals surface area contributed by atoms with Crippen LogP contribution in [-0.4, -0.2) is 342 Å². The van der Waals surface area contributed by atoms with Crippen molar-refractivity contribution in [1.82, 2.24) is 59.0 Å². The number of alkyl halides is 7. The van der Waals surface area contributed by atoms with E-state index in [0.29, 0.717) is 17.0 Å². The van der Waals surface area contributed by atoms with Gasteiger partial charge in [-0.2, -0.15) is 0 Å². The Labute approximate surface area is 726 Å². The number of halogens is 7. The predicted molar refractivity (Wildman–Crippen MR) is 435 cm³/mol. The number of aromatic amines is 1. The molecule has 54 nitrogen and oxygen atoms in total. The zero-order valence-electron chi connectivity index (χ0n) is 66.5. The van der Waals surface area contributed by atoms with Gasteiger partial charge in [-0.25, -0.2) is 61.3 Å². The van der Waals surface area contributed by atoms with Gasteiger partial charge in [0.25, 0.3) is 11.5 Å². The number of amidine groups is 3. The van der Waals surface area contributed by atoms with E-state index in [-0.39, 0.29) is 70.9 Å². The number of imidazole rings is 2. The fourth-order valence-corrected chi connectivity index (χ4v) is 14.1. The summed E-state index contributed by atoms with van der Waals surface area (Å²) in [5.74, 6) is 0.738. The van der Waals surface area contributed by atoms with Gasteiger partial charge in [-0.05, 0) is 58.9 Å². The minimum absolute atomic E-state index is 0. The highest BCUT2D eigenvalue weighted by Crippen LogP contribution is 2.45. The molecule has 22 N–H and O–H groups in total. The number of nitrogen functional groups attached to an aromatic ring is 1. The zero-order valence-corrected chi connectivity index (χ0v) is 67.3. The van der Waals surface area contributed by atoms with Crippen molar-refractivity contribution in [2.75, 3.05) is 77.4 Å². The number of nitrogens with zero attached hydrogens (tertiary/aromatic N) is 28. The van der Waals surface area contributed by atoms with Crippen molar-refractivity contribution in [3.63, 3.8) is 0 Å². The average molecular weight is 1850 g/mol. The van der Waals surface area contributed by atoms with Crippen LogP contribution in [0.3, 0.4) is 0 Å². The minimum Gasteiger partial charge on any atom is -0.397 e. The summed E-state index contributed by atoms with van der Waals surface area (Å²) in [7, 11) is 0. The molecule has 6 fully saturated rings. The van der Waals surface area contributed by atoms with Crippen molar-refractivity contribution in [1.29, 1.82) is 0 Å². The SMILES string of the molecule is C.C=C1N=C(N)C=CN1[C@@H]1O[C@@](CO)(CCl)[C@@H](O)[C@H]1F.C=C1N=C(N)C=CN1[C@@H]1O[C@@](CO)(CN=[N+]=[N-])[C@@H](O)[C@H]1F.C=C1N=C(N)C=CN1[C@@H]1O[C@@](CO)(N=[N+]=[N-])[C@@H](O)[C@H]1F.C=C1NC(=O)C=CN1[C@@H]1O[C@@](CO)(CN=[N+]=[N-])[C@@H](O)[C@H]1F.Cc1nc2c(ncn2[C@@H]2O[C@@](CO)(CN=[N+]=[N-])[C@@H](O)[C@H]2F)c(=O)[nH]1.[N-]=[N+]=NC[C@]1(CO)O[C@@H](n2cnc3c(N)ccnc32)[C@H](F)[C@@H]1O. The van der Waals surface area contributed by atoms with E-state index in [1.807, 2.05) is 0 Å². The van der Waals surface area contributed by atoms with Crippen molar-refractivity contribution in [2.24, 2.45) is 57.7 Å². The predicted octanol–water partition coefficient (Wildman–Crippen LogP) is -0.776. The Morgan fingerprint density at radius 2 is 0.822 bits per heavy atom. The van der Waals surface area contributed by atoms with E-state index in [9.17, 15) is 97.2 Å². The molecular weight excluding hydrogens is 1760 g/mol. The van der Waals surface area contributed by atoms with E-state index in [1.54, 1.807) is 13.0 Å². The van der Waals surface area contributed by atoms with Crippen LogP contribution in [0.25, 0.3) is 74.5 Å². The normalized spacial score (nSPS) is 34.0. The lowest BCUT2D eigenvalue weighted by atomic mass is 9.97. The Hall–Kier alpha value is -12.5. The molecule has 14 heterocycles.